The van der Waals surface area contributed by atoms with Gasteiger partial charge in [-0.05, 0) is 97.0 Å². The first kappa shape index (κ1) is 17.0. The Balaban J connectivity index is 1.43. The molecule has 0 radical (unpaired) electrons. The van der Waals surface area contributed by atoms with E-state index in [-0.39, 0.29) is 11.5 Å². The first-order valence-electron chi connectivity index (χ1n) is 10.9. The Labute approximate surface area is 158 Å². The predicted octanol–water partition coefficient (Wildman–Crippen LogP) is 6.08. The van der Waals surface area contributed by atoms with Gasteiger partial charge >= 0.3 is 0 Å². The molecule has 5 rings (SSSR count). The van der Waals surface area contributed by atoms with Gasteiger partial charge in [0.25, 0.3) is 0 Å². The van der Waals surface area contributed by atoms with Gasteiger partial charge in [-0.15, -0.1) is 0 Å². The second kappa shape index (κ2) is 5.96. The molecule has 26 heavy (non-hydrogen) atoms. The third-order valence-corrected chi connectivity index (χ3v) is 9.41. The van der Waals surface area contributed by atoms with E-state index in [4.69, 9.17) is 0 Å². The van der Waals surface area contributed by atoms with E-state index in [1.807, 2.05) is 0 Å². The molecule has 0 amide bonds. The van der Waals surface area contributed by atoms with Crippen LogP contribution < -0.4 is 0 Å². The highest BCUT2D eigenvalue weighted by Gasteiger charge is 2.59. The average Bonchev–Trinajstić information content (AvgIpc) is 2.97. The van der Waals surface area contributed by atoms with E-state index in [0.29, 0.717) is 5.41 Å². The van der Waals surface area contributed by atoms with E-state index in [1.54, 1.807) is 5.57 Å². The summed E-state index contributed by atoms with van der Waals surface area (Å²) in [6.45, 7) is 5.01. The lowest BCUT2D eigenvalue weighted by molar-refractivity contribution is -0.108. The van der Waals surface area contributed by atoms with Crippen molar-refractivity contribution in [2.45, 2.75) is 71.3 Å². The van der Waals surface area contributed by atoms with E-state index in [2.05, 4.69) is 50.3 Å². The third kappa shape index (κ3) is 2.32. The van der Waals surface area contributed by atoms with Gasteiger partial charge in [0.2, 0.25) is 0 Å². The molecule has 0 aromatic heterocycles. The molecule has 0 spiro atoms. The van der Waals surface area contributed by atoms with Gasteiger partial charge in [0.1, 0.15) is 0 Å². The Morgan fingerprint density at radius 3 is 2.46 bits per heavy atom. The number of fused-ring (bicyclic) bond motifs is 5. The Hall–Kier alpha value is -1.08. The minimum absolute atomic E-state index is 0.0464. The number of hydrogen-bond acceptors (Lipinski definition) is 1. The molecule has 4 aliphatic rings. The van der Waals surface area contributed by atoms with Gasteiger partial charge in [0, 0.05) is 0 Å². The molecule has 0 aliphatic heterocycles. The van der Waals surface area contributed by atoms with Crippen molar-refractivity contribution in [1.82, 2.24) is 0 Å². The van der Waals surface area contributed by atoms with Gasteiger partial charge in [-0.3, -0.25) is 0 Å². The number of aliphatic hydroxyl groups is 1. The molecular formula is C25H34O. The van der Waals surface area contributed by atoms with Gasteiger partial charge in [-0.2, -0.15) is 0 Å². The molecule has 0 unspecified atom stereocenters. The van der Waals surface area contributed by atoms with Crippen LogP contribution in [-0.2, 0) is 0 Å². The van der Waals surface area contributed by atoms with Crippen molar-refractivity contribution in [2.75, 3.05) is 0 Å². The molecule has 140 valence electrons. The van der Waals surface area contributed by atoms with Crippen LogP contribution in [0.25, 0.3) is 5.57 Å². The maximum absolute atomic E-state index is 10.6. The molecule has 0 saturated heterocycles. The SMILES string of the molecule is C[C@]12CC=C(c3ccccc3)C[C@@H]1CC[C@@H]1[C@@H]2CC[C@]2(C)[C@@H](O)CC[C@@H]12. The maximum atomic E-state index is 10.6. The zero-order valence-electron chi connectivity index (χ0n) is 16.5. The summed E-state index contributed by atoms with van der Waals surface area (Å²) in [5.74, 6) is 3.35. The van der Waals surface area contributed by atoms with Crippen LogP contribution >= 0.6 is 0 Å². The molecule has 1 heteroatoms. The smallest absolute Gasteiger partial charge is 0.0596 e. The standard InChI is InChI=1S/C25H34O/c1-24-14-12-18(17-6-4-3-5-7-17)16-19(24)8-9-20-21-10-11-23(26)25(21,2)15-13-22(20)24/h3-7,12,19-23,26H,8-11,13-16H2,1-2H3/t19-,20-,21-,22-,23-,24-,25-/m0/s1. The van der Waals surface area contributed by atoms with Crippen molar-refractivity contribution in [2.24, 2.45) is 34.5 Å². The number of rotatable bonds is 1. The van der Waals surface area contributed by atoms with Crippen LogP contribution in [0.4, 0.5) is 0 Å². The fourth-order valence-corrected chi connectivity index (χ4v) is 7.74. The van der Waals surface area contributed by atoms with Crippen LogP contribution in [0.2, 0.25) is 0 Å². The summed E-state index contributed by atoms with van der Waals surface area (Å²) in [5, 5.41) is 10.6. The van der Waals surface area contributed by atoms with Gasteiger partial charge < -0.3 is 5.11 Å². The van der Waals surface area contributed by atoms with Crippen LogP contribution in [0.15, 0.2) is 36.4 Å². The van der Waals surface area contributed by atoms with Crippen molar-refractivity contribution >= 4 is 5.57 Å². The fraction of sp³-hybridized carbons (Fsp3) is 0.680. The minimum atomic E-state index is -0.0464. The highest BCUT2D eigenvalue weighted by molar-refractivity contribution is 5.66. The summed E-state index contributed by atoms with van der Waals surface area (Å²) >= 11 is 0. The lowest BCUT2D eigenvalue weighted by atomic mass is 9.45. The number of benzene rings is 1. The molecule has 1 N–H and O–H groups in total. The number of allylic oxidation sites excluding steroid dienone is 2. The van der Waals surface area contributed by atoms with Crippen LogP contribution in [-0.4, -0.2) is 11.2 Å². The van der Waals surface area contributed by atoms with Crippen molar-refractivity contribution in [1.29, 1.82) is 0 Å². The van der Waals surface area contributed by atoms with Crippen LogP contribution in [0.3, 0.4) is 0 Å². The fourth-order valence-electron chi connectivity index (χ4n) is 7.74. The third-order valence-electron chi connectivity index (χ3n) is 9.41. The lowest BCUT2D eigenvalue weighted by Gasteiger charge is -2.59. The van der Waals surface area contributed by atoms with Crippen LogP contribution in [0.5, 0.6) is 0 Å². The van der Waals surface area contributed by atoms with Crippen LogP contribution in [0.1, 0.15) is 70.8 Å². The highest BCUT2D eigenvalue weighted by atomic mass is 16.3. The van der Waals surface area contributed by atoms with E-state index >= 15 is 0 Å². The van der Waals surface area contributed by atoms with E-state index in [1.165, 1.54) is 50.5 Å². The predicted molar refractivity (Wildman–Crippen MR) is 108 cm³/mol. The second-order valence-corrected chi connectivity index (χ2v) is 10.3. The summed E-state index contributed by atoms with van der Waals surface area (Å²) in [6, 6.07) is 11.0. The molecule has 1 aromatic rings. The van der Waals surface area contributed by atoms with Crippen LogP contribution in [0, 0.1) is 34.5 Å². The maximum Gasteiger partial charge on any atom is 0.0596 e. The lowest BCUT2D eigenvalue weighted by Crippen LogP contribution is -2.53. The molecular weight excluding hydrogens is 316 g/mol. The Morgan fingerprint density at radius 2 is 1.65 bits per heavy atom. The molecule has 1 nitrogen and oxygen atoms in total. The largest absolute Gasteiger partial charge is 0.393 e. The summed E-state index contributed by atoms with van der Waals surface area (Å²) in [5.41, 5.74) is 3.72. The molecule has 7 atom stereocenters. The second-order valence-electron chi connectivity index (χ2n) is 10.3. The summed E-state index contributed by atoms with van der Waals surface area (Å²) < 4.78 is 0. The molecule has 0 bridgehead atoms. The number of aliphatic hydroxyl groups excluding tert-OH is 1. The van der Waals surface area contributed by atoms with Crippen molar-refractivity contribution in [3.05, 3.63) is 42.0 Å². The van der Waals surface area contributed by atoms with E-state index in [0.717, 1.165) is 30.1 Å². The van der Waals surface area contributed by atoms with E-state index in [9.17, 15) is 5.11 Å². The van der Waals surface area contributed by atoms with Gasteiger partial charge in [-0.25, -0.2) is 0 Å². The van der Waals surface area contributed by atoms with Gasteiger partial charge in [0.05, 0.1) is 6.10 Å². The molecule has 3 fully saturated rings. The quantitative estimate of drug-likeness (QED) is 0.650. The first-order chi connectivity index (χ1) is 12.5. The molecule has 0 heterocycles. The van der Waals surface area contributed by atoms with E-state index < -0.39 is 0 Å². The van der Waals surface area contributed by atoms with Crippen molar-refractivity contribution in [3.63, 3.8) is 0 Å². The minimum Gasteiger partial charge on any atom is -0.393 e. The number of hydrogen-bond donors (Lipinski definition) is 1. The van der Waals surface area contributed by atoms with Crippen molar-refractivity contribution in [3.8, 4) is 0 Å². The Kier molecular flexibility index (Phi) is 3.91. The van der Waals surface area contributed by atoms with Gasteiger partial charge in [0.15, 0.2) is 0 Å². The Bertz CT molecular complexity index is 706. The highest BCUT2D eigenvalue weighted by Crippen LogP contribution is 2.66. The summed E-state index contributed by atoms with van der Waals surface area (Å²) in [7, 11) is 0. The first-order valence-corrected chi connectivity index (χ1v) is 10.9. The Morgan fingerprint density at radius 1 is 0.885 bits per heavy atom. The van der Waals surface area contributed by atoms with Gasteiger partial charge in [-0.1, -0.05) is 50.3 Å². The monoisotopic (exact) mass is 350 g/mol. The average molecular weight is 351 g/mol. The topological polar surface area (TPSA) is 20.2 Å². The summed E-state index contributed by atoms with van der Waals surface area (Å²) in [6.07, 6.45) is 12.8. The normalized spacial score (nSPS) is 47.5. The summed E-state index contributed by atoms with van der Waals surface area (Å²) in [4.78, 5) is 0. The zero-order valence-corrected chi connectivity index (χ0v) is 16.5. The molecule has 3 saturated carbocycles. The molecule has 4 aliphatic carbocycles. The van der Waals surface area contributed by atoms with Crippen molar-refractivity contribution < 1.29 is 5.11 Å². The zero-order chi connectivity index (χ0) is 17.9. The molecule has 1 aromatic carbocycles.